The Balaban J connectivity index is 1.51. The number of urea groups is 1. The maximum absolute atomic E-state index is 12.0. The molecule has 2 saturated carbocycles. The molecule has 5 nitrogen and oxygen atoms in total. The first-order valence-electron chi connectivity index (χ1n) is 7.45. The van der Waals surface area contributed by atoms with Crippen LogP contribution in [0.15, 0.2) is 17.5 Å². The first kappa shape index (κ1) is 14.4. The number of rotatable bonds is 7. The first-order chi connectivity index (χ1) is 10.1. The summed E-state index contributed by atoms with van der Waals surface area (Å²) >= 11 is 1.33. The Labute approximate surface area is 127 Å². The van der Waals surface area contributed by atoms with E-state index in [1.54, 1.807) is 17.5 Å². The van der Waals surface area contributed by atoms with Gasteiger partial charge in [0.1, 0.15) is 0 Å². The molecule has 0 radical (unpaired) electrons. The van der Waals surface area contributed by atoms with E-state index in [2.05, 4.69) is 10.6 Å². The lowest BCUT2D eigenvalue weighted by Gasteiger charge is -2.18. The maximum atomic E-state index is 12.0. The van der Waals surface area contributed by atoms with Crippen molar-refractivity contribution in [2.24, 2.45) is 17.8 Å². The molecule has 2 aliphatic rings. The first-order valence-corrected chi connectivity index (χ1v) is 8.33. The molecule has 0 aromatic carbocycles. The fourth-order valence-corrected chi connectivity index (χ4v) is 3.64. The van der Waals surface area contributed by atoms with Crippen LogP contribution in [-0.2, 0) is 4.79 Å². The maximum Gasteiger partial charge on any atom is 0.331 e. The highest BCUT2D eigenvalue weighted by Crippen LogP contribution is 2.48. The second kappa shape index (κ2) is 6.05. The highest BCUT2D eigenvalue weighted by molar-refractivity contribution is 7.10. The molecule has 6 heteroatoms. The zero-order valence-electron chi connectivity index (χ0n) is 11.7. The van der Waals surface area contributed by atoms with Gasteiger partial charge in [-0.3, -0.25) is 0 Å². The van der Waals surface area contributed by atoms with Gasteiger partial charge in [0, 0.05) is 11.4 Å². The molecule has 3 N–H and O–H groups in total. The minimum atomic E-state index is -1.03. The van der Waals surface area contributed by atoms with Gasteiger partial charge in [-0.1, -0.05) is 6.07 Å². The molecule has 1 atom stereocenters. The number of thiophene rings is 1. The van der Waals surface area contributed by atoms with Gasteiger partial charge in [0.05, 0.1) is 0 Å². The molecule has 1 aromatic rings. The summed E-state index contributed by atoms with van der Waals surface area (Å²) in [4.78, 5) is 23.9. The van der Waals surface area contributed by atoms with Gasteiger partial charge in [0.2, 0.25) is 0 Å². The number of carboxylic acids is 1. The Bertz CT molecular complexity index is 497. The van der Waals surface area contributed by atoms with Crippen molar-refractivity contribution in [3.05, 3.63) is 22.4 Å². The van der Waals surface area contributed by atoms with Crippen molar-refractivity contribution in [3.8, 4) is 0 Å². The van der Waals surface area contributed by atoms with E-state index in [1.165, 1.54) is 37.0 Å². The summed E-state index contributed by atoms with van der Waals surface area (Å²) < 4.78 is 0. The third-order valence-corrected chi connectivity index (χ3v) is 5.24. The molecular formula is C15H20N2O3S. The van der Waals surface area contributed by atoms with Crippen LogP contribution < -0.4 is 10.6 Å². The highest BCUT2D eigenvalue weighted by Gasteiger charge is 2.41. The van der Waals surface area contributed by atoms with Crippen LogP contribution in [0, 0.1) is 17.8 Å². The average Bonchev–Trinajstić information content (AvgIpc) is 3.38. The van der Waals surface area contributed by atoms with E-state index >= 15 is 0 Å². The van der Waals surface area contributed by atoms with Crippen molar-refractivity contribution in [2.75, 3.05) is 6.54 Å². The van der Waals surface area contributed by atoms with Crippen molar-refractivity contribution in [3.63, 3.8) is 0 Å². The number of aliphatic carboxylic acids is 1. The minimum Gasteiger partial charge on any atom is -0.479 e. The molecule has 2 fully saturated rings. The summed E-state index contributed by atoms with van der Waals surface area (Å²) in [6.45, 7) is 0.665. The number of nitrogens with one attached hydrogen (secondary N) is 2. The summed E-state index contributed by atoms with van der Waals surface area (Å²) in [5.41, 5.74) is 0. The Morgan fingerprint density at radius 2 is 1.95 bits per heavy atom. The van der Waals surface area contributed by atoms with E-state index in [-0.39, 0.29) is 6.03 Å². The van der Waals surface area contributed by atoms with Crippen LogP contribution in [0.5, 0.6) is 0 Å². The second-order valence-electron chi connectivity index (χ2n) is 5.98. The van der Waals surface area contributed by atoms with Crippen molar-refractivity contribution in [2.45, 2.75) is 31.7 Å². The van der Waals surface area contributed by atoms with Crippen molar-refractivity contribution < 1.29 is 14.7 Å². The summed E-state index contributed by atoms with van der Waals surface area (Å²) in [6, 6.07) is 2.15. The van der Waals surface area contributed by atoms with E-state index in [9.17, 15) is 14.7 Å². The zero-order chi connectivity index (χ0) is 14.8. The van der Waals surface area contributed by atoms with E-state index < -0.39 is 12.0 Å². The second-order valence-corrected chi connectivity index (χ2v) is 6.96. The van der Waals surface area contributed by atoms with Gasteiger partial charge >= 0.3 is 12.0 Å². The van der Waals surface area contributed by atoms with Gasteiger partial charge in [-0.15, -0.1) is 11.3 Å². The van der Waals surface area contributed by atoms with Gasteiger partial charge in [0.25, 0.3) is 0 Å². The topological polar surface area (TPSA) is 78.4 Å². The third kappa shape index (κ3) is 3.75. The van der Waals surface area contributed by atoms with Crippen molar-refractivity contribution >= 4 is 23.3 Å². The van der Waals surface area contributed by atoms with E-state index in [1.807, 2.05) is 0 Å². The molecule has 114 valence electrons. The zero-order valence-corrected chi connectivity index (χ0v) is 12.6. The molecule has 1 heterocycles. The number of carbonyl (C=O) groups is 2. The number of carbonyl (C=O) groups excluding carboxylic acids is 1. The van der Waals surface area contributed by atoms with Gasteiger partial charge in [0.15, 0.2) is 6.04 Å². The van der Waals surface area contributed by atoms with Crippen LogP contribution in [0.4, 0.5) is 4.79 Å². The Kier molecular flexibility index (Phi) is 4.14. The number of hydrogen-bond acceptors (Lipinski definition) is 3. The van der Waals surface area contributed by atoms with E-state index in [4.69, 9.17) is 0 Å². The standard InChI is InChI=1S/C15H20N2O3S/c18-14(19)13(12-2-1-7-21-12)17-15(20)16-8-11(9-3-4-9)10-5-6-10/h1-2,7,9-11,13H,3-6,8H2,(H,18,19)(H2,16,17,20). The molecule has 21 heavy (non-hydrogen) atoms. The van der Waals surface area contributed by atoms with Gasteiger partial charge < -0.3 is 15.7 Å². The highest BCUT2D eigenvalue weighted by atomic mass is 32.1. The molecular weight excluding hydrogens is 288 g/mol. The molecule has 1 unspecified atom stereocenters. The van der Waals surface area contributed by atoms with Crippen LogP contribution in [-0.4, -0.2) is 23.7 Å². The predicted octanol–water partition coefficient (Wildman–Crippen LogP) is 2.61. The Hall–Kier alpha value is -1.56. The molecule has 2 aliphatic carbocycles. The number of carboxylic acid groups (broad SMARTS) is 1. The minimum absolute atomic E-state index is 0.387. The molecule has 0 spiro atoms. The largest absolute Gasteiger partial charge is 0.479 e. The summed E-state index contributed by atoms with van der Waals surface area (Å²) in [5.74, 6) is 1.09. The molecule has 0 saturated heterocycles. The monoisotopic (exact) mass is 308 g/mol. The van der Waals surface area contributed by atoms with Gasteiger partial charge in [-0.25, -0.2) is 9.59 Å². The molecule has 0 bridgehead atoms. The van der Waals surface area contributed by atoms with Crippen LogP contribution in [0.3, 0.4) is 0 Å². The summed E-state index contributed by atoms with van der Waals surface area (Å²) in [6.07, 6.45) is 5.10. The third-order valence-electron chi connectivity index (χ3n) is 4.30. The van der Waals surface area contributed by atoms with E-state index in [0.29, 0.717) is 17.3 Å². The Morgan fingerprint density at radius 3 is 2.43 bits per heavy atom. The lowest BCUT2D eigenvalue weighted by atomic mass is 9.98. The van der Waals surface area contributed by atoms with Crippen LogP contribution in [0.2, 0.25) is 0 Å². The smallest absolute Gasteiger partial charge is 0.331 e. The lowest BCUT2D eigenvalue weighted by Crippen LogP contribution is -2.42. The van der Waals surface area contributed by atoms with Crippen molar-refractivity contribution in [1.82, 2.24) is 10.6 Å². The molecule has 0 aliphatic heterocycles. The number of hydrogen-bond donors (Lipinski definition) is 3. The average molecular weight is 308 g/mol. The summed E-state index contributed by atoms with van der Waals surface area (Å²) in [5, 5.41) is 16.5. The summed E-state index contributed by atoms with van der Waals surface area (Å²) in [7, 11) is 0. The fourth-order valence-electron chi connectivity index (χ4n) is 2.87. The number of amides is 2. The fraction of sp³-hybridized carbons (Fsp3) is 0.600. The van der Waals surface area contributed by atoms with Crippen molar-refractivity contribution in [1.29, 1.82) is 0 Å². The molecule has 1 aromatic heterocycles. The van der Waals surface area contributed by atoms with Gasteiger partial charge in [-0.05, 0) is 54.9 Å². The van der Waals surface area contributed by atoms with Crippen LogP contribution in [0.1, 0.15) is 36.6 Å². The quantitative estimate of drug-likeness (QED) is 0.724. The Morgan fingerprint density at radius 1 is 1.29 bits per heavy atom. The van der Waals surface area contributed by atoms with E-state index in [0.717, 1.165) is 11.8 Å². The van der Waals surface area contributed by atoms with Crippen LogP contribution >= 0.6 is 11.3 Å². The normalized spacial score (nSPS) is 19.3. The molecule has 2 amide bonds. The molecule has 3 rings (SSSR count). The lowest BCUT2D eigenvalue weighted by molar-refractivity contribution is -0.139. The van der Waals surface area contributed by atoms with Crippen LogP contribution in [0.25, 0.3) is 0 Å². The SMILES string of the molecule is O=C(NCC(C1CC1)C1CC1)NC(C(=O)O)c1cccs1. The van der Waals surface area contributed by atoms with Gasteiger partial charge in [-0.2, -0.15) is 0 Å². The predicted molar refractivity (Wildman–Crippen MR) is 80.2 cm³/mol.